The monoisotopic (exact) mass is 230 g/mol. The van der Waals surface area contributed by atoms with Crippen LogP contribution in [0.15, 0.2) is 43.0 Å². The summed E-state index contributed by atoms with van der Waals surface area (Å²) in [5, 5.41) is 1.34. The summed E-state index contributed by atoms with van der Waals surface area (Å²) < 4.78 is 0. The second kappa shape index (κ2) is 4.45. The summed E-state index contributed by atoms with van der Waals surface area (Å²) in [4.78, 5) is 8.70. The van der Waals surface area contributed by atoms with E-state index >= 15 is 0 Å². The van der Waals surface area contributed by atoms with Gasteiger partial charge < -0.3 is 0 Å². The molecule has 0 radical (unpaired) electrons. The van der Waals surface area contributed by atoms with E-state index in [9.17, 15) is 0 Å². The molecule has 1 aromatic heterocycles. The molecular formula is C13H11ClN2. The van der Waals surface area contributed by atoms with Gasteiger partial charge in [0.05, 0.1) is 5.52 Å². The predicted octanol–water partition coefficient (Wildman–Crippen LogP) is 3.87. The van der Waals surface area contributed by atoms with E-state index in [4.69, 9.17) is 11.6 Å². The predicted molar refractivity (Wildman–Crippen MR) is 68.4 cm³/mol. The molecule has 0 saturated heterocycles. The fourth-order valence-electron chi connectivity index (χ4n) is 1.51. The van der Waals surface area contributed by atoms with Crippen LogP contribution < -0.4 is 0 Å². The first-order valence-corrected chi connectivity index (χ1v) is 5.35. The maximum Gasteiger partial charge on any atom is 0.161 e. The molecule has 0 fully saturated rings. The maximum absolute atomic E-state index is 6.11. The highest BCUT2D eigenvalue weighted by molar-refractivity contribution is 6.34. The SMILES string of the molecule is C=C/C(=C\C)c1nc(Cl)c2ccccc2n1. The lowest BCUT2D eigenvalue weighted by molar-refractivity contribution is 1.17. The van der Waals surface area contributed by atoms with Crippen LogP contribution in [0.2, 0.25) is 5.15 Å². The Kier molecular flexibility index (Phi) is 3.02. The Balaban J connectivity index is 2.71. The standard InChI is InChI=1S/C13H11ClN2/c1-3-9(4-2)13-15-11-8-6-5-7-10(11)12(14)16-13/h3-8H,1H2,2H3/b9-4+. The molecule has 0 atom stereocenters. The van der Waals surface area contributed by atoms with Crippen molar-refractivity contribution in [3.05, 3.63) is 54.0 Å². The van der Waals surface area contributed by atoms with Gasteiger partial charge in [-0.15, -0.1) is 0 Å². The first-order valence-electron chi connectivity index (χ1n) is 4.97. The molecule has 0 N–H and O–H groups in total. The van der Waals surface area contributed by atoms with Crippen molar-refractivity contribution in [1.82, 2.24) is 9.97 Å². The number of allylic oxidation sites excluding steroid dienone is 3. The topological polar surface area (TPSA) is 25.8 Å². The number of benzene rings is 1. The molecule has 3 heteroatoms. The van der Waals surface area contributed by atoms with E-state index in [0.29, 0.717) is 11.0 Å². The molecule has 0 aliphatic carbocycles. The fourth-order valence-corrected chi connectivity index (χ4v) is 1.75. The van der Waals surface area contributed by atoms with Crippen LogP contribution >= 0.6 is 11.6 Å². The molecule has 80 valence electrons. The van der Waals surface area contributed by atoms with Gasteiger partial charge in [-0.3, -0.25) is 0 Å². The van der Waals surface area contributed by atoms with E-state index in [1.807, 2.05) is 37.3 Å². The van der Waals surface area contributed by atoms with Crippen molar-refractivity contribution in [1.29, 1.82) is 0 Å². The number of nitrogens with zero attached hydrogens (tertiary/aromatic N) is 2. The minimum absolute atomic E-state index is 0.474. The van der Waals surface area contributed by atoms with E-state index in [1.165, 1.54) is 0 Å². The van der Waals surface area contributed by atoms with Crippen molar-refractivity contribution in [3.63, 3.8) is 0 Å². The van der Waals surface area contributed by atoms with Gasteiger partial charge in [-0.05, 0) is 19.1 Å². The Bertz CT molecular complexity index is 573. The normalized spacial score (nSPS) is 11.8. The van der Waals surface area contributed by atoms with Gasteiger partial charge in [0, 0.05) is 11.0 Å². The van der Waals surface area contributed by atoms with E-state index in [0.717, 1.165) is 16.5 Å². The quantitative estimate of drug-likeness (QED) is 0.578. The van der Waals surface area contributed by atoms with Crippen molar-refractivity contribution in [2.75, 3.05) is 0 Å². The molecule has 1 aromatic carbocycles. The van der Waals surface area contributed by atoms with E-state index in [-0.39, 0.29) is 0 Å². The highest BCUT2D eigenvalue weighted by Gasteiger charge is 2.06. The average Bonchev–Trinajstić information content (AvgIpc) is 2.31. The van der Waals surface area contributed by atoms with Crippen LogP contribution in [-0.2, 0) is 0 Å². The number of halogens is 1. The molecular weight excluding hydrogens is 220 g/mol. The third-order valence-corrected chi connectivity index (χ3v) is 2.63. The summed E-state index contributed by atoms with van der Waals surface area (Å²) in [7, 11) is 0. The highest BCUT2D eigenvalue weighted by atomic mass is 35.5. The summed E-state index contributed by atoms with van der Waals surface area (Å²) in [6.07, 6.45) is 3.63. The largest absolute Gasteiger partial charge is 0.228 e. The van der Waals surface area contributed by atoms with Crippen LogP contribution in [0.1, 0.15) is 12.7 Å². The third-order valence-electron chi connectivity index (χ3n) is 2.35. The molecule has 2 nitrogen and oxygen atoms in total. The van der Waals surface area contributed by atoms with Gasteiger partial charge in [0.2, 0.25) is 0 Å². The molecule has 2 rings (SSSR count). The molecule has 0 unspecified atom stereocenters. The summed E-state index contributed by atoms with van der Waals surface area (Å²) in [6.45, 7) is 5.65. The number of fused-ring (bicyclic) bond motifs is 1. The first-order chi connectivity index (χ1) is 7.76. The molecule has 0 aliphatic rings. The Labute approximate surface area is 99.3 Å². The van der Waals surface area contributed by atoms with E-state index < -0.39 is 0 Å². The lowest BCUT2D eigenvalue weighted by Crippen LogP contribution is -1.94. The van der Waals surface area contributed by atoms with E-state index in [2.05, 4.69) is 16.5 Å². The zero-order valence-electron chi connectivity index (χ0n) is 8.94. The van der Waals surface area contributed by atoms with Gasteiger partial charge in [0.15, 0.2) is 5.82 Å². The number of para-hydroxylation sites is 1. The van der Waals surface area contributed by atoms with Crippen molar-refractivity contribution < 1.29 is 0 Å². The summed E-state index contributed by atoms with van der Waals surface area (Å²) in [5.74, 6) is 0.612. The minimum Gasteiger partial charge on any atom is -0.228 e. The Hall–Kier alpha value is -1.67. The number of aromatic nitrogens is 2. The Morgan fingerprint density at radius 3 is 2.75 bits per heavy atom. The van der Waals surface area contributed by atoms with Gasteiger partial charge in [-0.1, -0.05) is 42.5 Å². The van der Waals surface area contributed by atoms with Crippen LogP contribution in [-0.4, -0.2) is 9.97 Å². The summed E-state index contributed by atoms with van der Waals surface area (Å²) in [6, 6.07) is 7.67. The first kappa shape index (κ1) is 10.8. The number of rotatable bonds is 2. The lowest BCUT2D eigenvalue weighted by Gasteiger charge is -2.04. The molecule has 1 heterocycles. The Morgan fingerprint density at radius 1 is 1.31 bits per heavy atom. The molecule has 0 spiro atoms. The summed E-state index contributed by atoms with van der Waals surface area (Å²) >= 11 is 6.11. The van der Waals surface area contributed by atoms with Crippen molar-refractivity contribution >= 4 is 28.1 Å². The van der Waals surface area contributed by atoms with Crippen LogP contribution in [0.5, 0.6) is 0 Å². The number of hydrogen-bond donors (Lipinski definition) is 0. The maximum atomic E-state index is 6.11. The molecule has 0 aliphatic heterocycles. The van der Waals surface area contributed by atoms with Gasteiger partial charge >= 0.3 is 0 Å². The Morgan fingerprint density at radius 2 is 2.06 bits per heavy atom. The van der Waals surface area contributed by atoms with Gasteiger partial charge in [0.1, 0.15) is 5.15 Å². The minimum atomic E-state index is 0.474. The van der Waals surface area contributed by atoms with Crippen LogP contribution in [0.4, 0.5) is 0 Å². The van der Waals surface area contributed by atoms with Crippen LogP contribution in [0, 0.1) is 0 Å². The zero-order valence-corrected chi connectivity index (χ0v) is 9.70. The van der Waals surface area contributed by atoms with Crippen molar-refractivity contribution in [2.45, 2.75) is 6.92 Å². The van der Waals surface area contributed by atoms with Crippen molar-refractivity contribution in [3.8, 4) is 0 Å². The molecule has 16 heavy (non-hydrogen) atoms. The zero-order chi connectivity index (χ0) is 11.5. The van der Waals surface area contributed by atoms with Crippen LogP contribution in [0.25, 0.3) is 16.5 Å². The number of hydrogen-bond acceptors (Lipinski definition) is 2. The summed E-state index contributed by atoms with van der Waals surface area (Å²) in [5.41, 5.74) is 1.73. The average molecular weight is 231 g/mol. The van der Waals surface area contributed by atoms with Crippen LogP contribution in [0.3, 0.4) is 0 Å². The van der Waals surface area contributed by atoms with Gasteiger partial charge in [-0.25, -0.2) is 9.97 Å². The van der Waals surface area contributed by atoms with Gasteiger partial charge in [0.25, 0.3) is 0 Å². The van der Waals surface area contributed by atoms with Crippen molar-refractivity contribution in [2.24, 2.45) is 0 Å². The molecule has 2 aromatic rings. The fraction of sp³-hybridized carbons (Fsp3) is 0.0769. The van der Waals surface area contributed by atoms with E-state index in [1.54, 1.807) is 6.08 Å². The molecule has 0 saturated carbocycles. The smallest absolute Gasteiger partial charge is 0.161 e. The second-order valence-corrected chi connectivity index (χ2v) is 3.66. The highest BCUT2D eigenvalue weighted by Crippen LogP contribution is 2.22. The molecule has 0 bridgehead atoms. The molecule has 0 amide bonds. The third kappa shape index (κ3) is 1.84. The second-order valence-electron chi connectivity index (χ2n) is 3.30. The lowest BCUT2D eigenvalue weighted by atomic mass is 10.2. The van der Waals surface area contributed by atoms with Gasteiger partial charge in [-0.2, -0.15) is 0 Å².